The fraction of sp³-hybridized carbons (Fsp3) is 0.385. The van der Waals surface area contributed by atoms with Crippen molar-refractivity contribution >= 4 is 35.2 Å². The summed E-state index contributed by atoms with van der Waals surface area (Å²) in [5, 5.41) is 12.2. The summed E-state index contributed by atoms with van der Waals surface area (Å²) in [6.45, 7) is 0. The number of hydrogen-bond acceptors (Lipinski definition) is 3. The lowest BCUT2D eigenvalue weighted by molar-refractivity contribution is -0.142. The van der Waals surface area contributed by atoms with Gasteiger partial charge >= 0.3 is 5.97 Å². The van der Waals surface area contributed by atoms with Gasteiger partial charge in [-0.25, -0.2) is 4.79 Å². The minimum absolute atomic E-state index is 0.0896. The number of benzene rings is 1. The van der Waals surface area contributed by atoms with E-state index in [2.05, 4.69) is 5.32 Å². The van der Waals surface area contributed by atoms with Crippen molar-refractivity contribution in [3.8, 4) is 0 Å². The van der Waals surface area contributed by atoms with Crippen LogP contribution in [0.1, 0.15) is 12.8 Å². The smallest absolute Gasteiger partial charge is 0.326 e. The third-order valence-corrected chi connectivity index (χ3v) is 4.39. The first-order valence-corrected chi connectivity index (χ1v) is 7.34. The highest BCUT2D eigenvalue weighted by molar-refractivity contribution is 8.00. The van der Waals surface area contributed by atoms with E-state index in [1.54, 1.807) is 6.07 Å². The molecule has 0 aromatic heterocycles. The van der Waals surface area contributed by atoms with Crippen molar-refractivity contribution in [3.63, 3.8) is 0 Å². The molecule has 6 heteroatoms. The van der Waals surface area contributed by atoms with Gasteiger partial charge in [-0.15, -0.1) is 11.8 Å². The van der Waals surface area contributed by atoms with Crippen LogP contribution in [0.4, 0.5) is 0 Å². The summed E-state index contributed by atoms with van der Waals surface area (Å²) in [4.78, 5) is 23.6. The number of nitrogens with one attached hydrogen (secondary N) is 1. The Bertz CT molecular complexity index is 491. The normalized spacial score (nSPS) is 15.8. The summed E-state index contributed by atoms with van der Waals surface area (Å²) < 4.78 is 0. The van der Waals surface area contributed by atoms with Crippen molar-refractivity contribution in [2.75, 3.05) is 5.75 Å². The second-order valence-corrected chi connectivity index (χ2v) is 5.86. The maximum atomic E-state index is 11.7. The van der Waals surface area contributed by atoms with Crippen molar-refractivity contribution in [3.05, 3.63) is 29.3 Å². The number of thioether (sulfide) groups is 1. The van der Waals surface area contributed by atoms with E-state index in [9.17, 15) is 9.59 Å². The summed E-state index contributed by atoms with van der Waals surface area (Å²) in [6.07, 6.45) is 1.74. The van der Waals surface area contributed by atoms with Gasteiger partial charge in [0, 0.05) is 4.90 Å². The molecule has 1 aliphatic carbocycles. The molecule has 0 aliphatic heterocycles. The van der Waals surface area contributed by atoms with Gasteiger partial charge in [0.25, 0.3) is 0 Å². The summed E-state index contributed by atoms with van der Waals surface area (Å²) >= 11 is 7.28. The van der Waals surface area contributed by atoms with E-state index in [0.29, 0.717) is 5.02 Å². The van der Waals surface area contributed by atoms with Crippen LogP contribution in [0.15, 0.2) is 29.2 Å². The molecule has 2 N–H and O–H groups in total. The highest BCUT2D eigenvalue weighted by atomic mass is 35.5. The second kappa shape index (κ2) is 6.30. The third-order valence-electron chi connectivity index (χ3n) is 2.87. The van der Waals surface area contributed by atoms with Crippen LogP contribution in [0, 0.1) is 5.92 Å². The quantitative estimate of drug-likeness (QED) is 0.792. The number of carboxylic acid groups (broad SMARTS) is 1. The minimum atomic E-state index is -0.960. The van der Waals surface area contributed by atoms with Gasteiger partial charge in [-0.2, -0.15) is 0 Å². The van der Waals surface area contributed by atoms with E-state index in [1.165, 1.54) is 11.8 Å². The average Bonchev–Trinajstić information content (AvgIpc) is 3.19. The van der Waals surface area contributed by atoms with Gasteiger partial charge < -0.3 is 10.4 Å². The summed E-state index contributed by atoms with van der Waals surface area (Å²) in [6, 6.07) is 6.50. The first-order valence-electron chi connectivity index (χ1n) is 5.97. The molecule has 4 nitrogen and oxygen atoms in total. The predicted molar refractivity (Wildman–Crippen MR) is 74.5 cm³/mol. The molecule has 1 amide bonds. The molecular formula is C13H14ClNO3S. The Balaban J connectivity index is 1.84. The zero-order chi connectivity index (χ0) is 13.8. The van der Waals surface area contributed by atoms with Gasteiger partial charge in [-0.05, 0) is 30.9 Å². The van der Waals surface area contributed by atoms with Gasteiger partial charge in [-0.3, -0.25) is 4.79 Å². The Morgan fingerprint density at radius 1 is 1.42 bits per heavy atom. The van der Waals surface area contributed by atoms with Gasteiger partial charge in [0.2, 0.25) is 5.91 Å². The molecule has 0 heterocycles. The summed E-state index contributed by atoms with van der Waals surface area (Å²) in [5.41, 5.74) is 0. The highest BCUT2D eigenvalue weighted by Gasteiger charge is 2.37. The van der Waals surface area contributed by atoms with Crippen molar-refractivity contribution in [1.82, 2.24) is 5.32 Å². The third kappa shape index (κ3) is 4.14. The summed E-state index contributed by atoms with van der Waals surface area (Å²) in [5.74, 6) is -0.977. The number of rotatable bonds is 6. The van der Waals surface area contributed by atoms with Crippen molar-refractivity contribution < 1.29 is 14.7 Å². The van der Waals surface area contributed by atoms with Gasteiger partial charge in [0.15, 0.2) is 0 Å². The molecule has 1 fully saturated rings. The maximum Gasteiger partial charge on any atom is 0.326 e. The molecule has 102 valence electrons. The fourth-order valence-electron chi connectivity index (χ4n) is 1.73. The molecule has 1 aliphatic rings. The first kappa shape index (κ1) is 14.2. The van der Waals surface area contributed by atoms with Crippen LogP contribution in [0.5, 0.6) is 0 Å². The molecule has 19 heavy (non-hydrogen) atoms. The number of carbonyl (C=O) groups excluding carboxylic acids is 1. The lowest BCUT2D eigenvalue weighted by Gasteiger charge is -2.13. The van der Waals surface area contributed by atoms with E-state index in [0.717, 1.165) is 17.7 Å². The molecule has 1 aromatic carbocycles. The minimum Gasteiger partial charge on any atom is -0.480 e. The van der Waals surface area contributed by atoms with Crippen LogP contribution in [-0.2, 0) is 9.59 Å². The molecule has 2 rings (SSSR count). The monoisotopic (exact) mass is 299 g/mol. The Labute approximate surface area is 120 Å². The van der Waals surface area contributed by atoms with Crippen LogP contribution in [-0.4, -0.2) is 28.8 Å². The summed E-state index contributed by atoms with van der Waals surface area (Å²) in [7, 11) is 0. The highest BCUT2D eigenvalue weighted by Crippen LogP contribution is 2.33. The zero-order valence-electron chi connectivity index (χ0n) is 10.1. The first-order chi connectivity index (χ1) is 9.08. The van der Waals surface area contributed by atoms with Crippen LogP contribution < -0.4 is 5.32 Å². The molecule has 0 spiro atoms. The van der Waals surface area contributed by atoms with Crippen molar-refractivity contribution in [2.45, 2.75) is 23.8 Å². The molecule has 0 radical (unpaired) electrons. The van der Waals surface area contributed by atoms with E-state index in [4.69, 9.17) is 16.7 Å². The Morgan fingerprint density at radius 3 is 2.68 bits per heavy atom. The van der Waals surface area contributed by atoms with Gasteiger partial charge in [-0.1, -0.05) is 23.7 Å². The van der Waals surface area contributed by atoms with Crippen LogP contribution in [0.25, 0.3) is 0 Å². The number of halogens is 1. The van der Waals surface area contributed by atoms with Crippen molar-refractivity contribution in [1.29, 1.82) is 0 Å². The molecule has 0 saturated heterocycles. The number of hydrogen-bond donors (Lipinski definition) is 2. The SMILES string of the molecule is O=C(CSc1ccccc1Cl)NC(C(=O)O)C1CC1. The molecule has 0 bridgehead atoms. The zero-order valence-corrected chi connectivity index (χ0v) is 11.7. The van der Waals surface area contributed by atoms with E-state index >= 15 is 0 Å². The molecular weight excluding hydrogens is 286 g/mol. The topological polar surface area (TPSA) is 66.4 Å². The Morgan fingerprint density at radius 2 is 2.11 bits per heavy atom. The largest absolute Gasteiger partial charge is 0.480 e. The van der Waals surface area contributed by atoms with Crippen molar-refractivity contribution in [2.24, 2.45) is 5.92 Å². The predicted octanol–water partition coefficient (Wildman–Crippen LogP) is 2.41. The van der Waals surface area contributed by atoms with Gasteiger partial charge in [0.05, 0.1) is 10.8 Å². The molecule has 1 atom stereocenters. The van der Waals surface area contributed by atoms with E-state index < -0.39 is 12.0 Å². The van der Waals surface area contributed by atoms with E-state index in [-0.39, 0.29) is 17.6 Å². The Hall–Kier alpha value is -1.20. The lowest BCUT2D eigenvalue weighted by Crippen LogP contribution is -2.43. The average molecular weight is 300 g/mol. The lowest BCUT2D eigenvalue weighted by atomic mass is 10.2. The number of carboxylic acids is 1. The van der Waals surface area contributed by atoms with Crippen LogP contribution in [0.3, 0.4) is 0 Å². The number of aliphatic carboxylic acids is 1. The number of carbonyl (C=O) groups is 2. The molecule has 1 saturated carbocycles. The van der Waals surface area contributed by atoms with E-state index in [1.807, 2.05) is 18.2 Å². The van der Waals surface area contributed by atoms with Crippen LogP contribution >= 0.6 is 23.4 Å². The maximum absolute atomic E-state index is 11.7. The van der Waals surface area contributed by atoms with Crippen LogP contribution in [0.2, 0.25) is 5.02 Å². The van der Waals surface area contributed by atoms with Gasteiger partial charge in [0.1, 0.15) is 6.04 Å². The Kier molecular flexibility index (Phi) is 4.71. The molecule has 1 aromatic rings. The molecule has 1 unspecified atom stereocenters. The fourth-order valence-corrected chi connectivity index (χ4v) is 2.78. The second-order valence-electron chi connectivity index (χ2n) is 4.44. The standard InChI is InChI=1S/C13H14ClNO3S/c14-9-3-1-2-4-10(9)19-7-11(16)15-12(13(17)18)8-5-6-8/h1-4,8,12H,5-7H2,(H,15,16)(H,17,18). The number of amides is 1.